The van der Waals surface area contributed by atoms with Gasteiger partial charge in [0, 0.05) is 12.1 Å². The molecule has 1 aliphatic rings. The van der Waals surface area contributed by atoms with E-state index < -0.39 is 0 Å². The van der Waals surface area contributed by atoms with Crippen molar-refractivity contribution >= 4 is 5.84 Å². The molecule has 0 saturated heterocycles. The molecule has 2 atom stereocenters. The fraction of sp³-hybridized carbons (Fsp3) is 0.533. The zero-order valence-electron chi connectivity index (χ0n) is 11.8. The maximum Gasteiger partial charge on any atom is 0.170 e. The summed E-state index contributed by atoms with van der Waals surface area (Å²) in [5.74, 6) is 1.03. The summed E-state index contributed by atoms with van der Waals surface area (Å²) in [6, 6.07) is 4.36. The van der Waals surface area contributed by atoms with Crippen molar-refractivity contribution in [3.05, 3.63) is 35.1 Å². The Hall–Kier alpha value is -1.62. The van der Waals surface area contributed by atoms with Gasteiger partial charge in [0.15, 0.2) is 5.84 Å². The monoisotopic (exact) mass is 279 g/mol. The summed E-state index contributed by atoms with van der Waals surface area (Å²) < 4.78 is 13.3. The van der Waals surface area contributed by atoms with Gasteiger partial charge in [0.25, 0.3) is 0 Å². The number of halogens is 1. The quantitative estimate of drug-likeness (QED) is 0.335. The molecule has 0 bridgehead atoms. The van der Waals surface area contributed by atoms with Crippen molar-refractivity contribution in [1.82, 2.24) is 5.32 Å². The highest BCUT2D eigenvalue weighted by atomic mass is 19.1. The Labute approximate surface area is 118 Å². The zero-order valence-corrected chi connectivity index (χ0v) is 11.8. The molecule has 0 heterocycles. The number of nitrogens with one attached hydrogen (secondary N) is 1. The maximum absolute atomic E-state index is 13.3. The molecular weight excluding hydrogens is 257 g/mol. The van der Waals surface area contributed by atoms with E-state index >= 15 is 0 Å². The van der Waals surface area contributed by atoms with Gasteiger partial charge in [-0.3, -0.25) is 0 Å². The largest absolute Gasteiger partial charge is 0.409 e. The number of hydrogen-bond acceptors (Lipinski definition) is 3. The molecule has 0 aliphatic heterocycles. The first-order chi connectivity index (χ1) is 9.61. The topological polar surface area (TPSA) is 70.6 Å². The highest BCUT2D eigenvalue weighted by Crippen LogP contribution is 2.30. The van der Waals surface area contributed by atoms with Crippen LogP contribution in [0.4, 0.5) is 4.39 Å². The zero-order chi connectivity index (χ0) is 14.5. The van der Waals surface area contributed by atoms with E-state index in [1.807, 2.05) is 0 Å². The van der Waals surface area contributed by atoms with Crippen molar-refractivity contribution < 1.29 is 9.60 Å². The molecule has 0 amide bonds. The fourth-order valence-electron chi connectivity index (χ4n) is 2.91. The molecule has 0 spiro atoms. The summed E-state index contributed by atoms with van der Waals surface area (Å²) in [5.41, 5.74) is 6.87. The van der Waals surface area contributed by atoms with Gasteiger partial charge in [0.1, 0.15) is 5.82 Å². The summed E-state index contributed by atoms with van der Waals surface area (Å²) in [6.07, 6.45) is 3.88. The highest BCUT2D eigenvalue weighted by molar-refractivity contribution is 5.98. The molecule has 2 unspecified atom stereocenters. The van der Waals surface area contributed by atoms with Gasteiger partial charge < -0.3 is 16.3 Å². The third-order valence-corrected chi connectivity index (χ3v) is 4.22. The van der Waals surface area contributed by atoms with Crippen molar-refractivity contribution in [2.75, 3.05) is 6.54 Å². The number of oxime groups is 1. The van der Waals surface area contributed by atoms with Gasteiger partial charge >= 0.3 is 0 Å². The van der Waals surface area contributed by atoms with E-state index in [0.717, 1.165) is 18.0 Å². The predicted molar refractivity (Wildman–Crippen MR) is 77.1 cm³/mol. The van der Waals surface area contributed by atoms with Crippen molar-refractivity contribution in [2.24, 2.45) is 22.7 Å². The van der Waals surface area contributed by atoms with Crippen LogP contribution in [0.25, 0.3) is 0 Å². The molecule has 1 aromatic carbocycles. The van der Waals surface area contributed by atoms with Crippen LogP contribution in [0.2, 0.25) is 0 Å². The van der Waals surface area contributed by atoms with Crippen LogP contribution >= 0.6 is 0 Å². The molecule has 110 valence electrons. The summed E-state index contributed by atoms with van der Waals surface area (Å²) in [7, 11) is 0. The number of amidine groups is 1. The van der Waals surface area contributed by atoms with Crippen LogP contribution in [-0.2, 0) is 6.54 Å². The van der Waals surface area contributed by atoms with Crippen LogP contribution < -0.4 is 11.1 Å². The lowest BCUT2D eigenvalue weighted by molar-refractivity contribution is 0.318. The molecule has 5 heteroatoms. The molecule has 1 saturated carbocycles. The Morgan fingerprint density at radius 3 is 2.95 bits per heavy atom. The minimum absolute atomic E-state index is 0.0597. The third kappa shape index (κ3) is 3.48. The Kier molecular flexibility index (Phi) is 4.95. The molecule has 4 nitrogen and oxygen atoms in total. The highest BCUT2D eigenvalue weighted by Gasteiger charge is 2.22. The van der Waals surface area contributed by atoms with E-state index in [0.29, 0.717) is 18.0 Å². The van der Waals surface area contributed by atoms with Gasteiger partial charge in [-0.15, -0.1) is 0 Å². The van der Waals surface area contributed by atoms with Crippen LogP contribution in [-0.4, -0.2) is 17.6 Å². The molecule has 1 aliphatic carbocycles. The lowest BCUT2D eigenvalue weighted by atomic mass is 9.98. The van der Waals surface area contributed by atoms with E-state index in [9.17, 15) is 4.39 Å². The smallest absolute Gasteiger partial charge is 0.170 e. The van der Waals surface area contributed by atoms with E-state index in [4.69, 9.17) is 10.9 Å². The van der Waals surface area contributed by atoms with Crippen molar-refractivity contribution in [3.8, 4) is 0 Å². The normalized spacial score (nSPS) is 23.2. The average molecular weight is 279 g/mol. The van der Waals surface area contributed by atoms with E-state index in [1.165, 1.54) is 31.4 Å². The summed E-state index contributed by atoms with van der Waals surface area (Å²) >= 11 is 0. The number of nitrogens with zero attached hydrogens (tertiary/aromatic N) is 1. The minimum Gasteiger partial charge on any atom is -0.409 e. The molecular formula is C15H22FN3O. The number of benzene rings is 1. The van der Waals surface area contributed by atoms with Gasteiger partial charge in [0.2, 0.25) is 0 Å². The van der Waals surface area contributed by atoms with Crippen LogP contribution in [0.1, 0.15) is 37.3 Å². The number of rotatable bonds is 5. The first-order valence-corrected chi connectivity index (χ1v) is 7.09. The van der Waals surface area contributed by atoms with Gasteiger partial charge in [-0.05, 0) is 42.5 Å². The molecule has 1 aromatic rings. The van der Waals surface area contributed by atoms with E-state index in [1.54, 1.807) is 6.07 Å². The summed E-state index contributed by atoms with van der Waals surface area (Å²) in [6.45, 7) is 3.84. The van der Waals surface area contributed by atoms with Crippen LogP contribution in [0.15, 0.2) is 23.4 Å². The first kappa shape index (κ1) is 14.8. The van der Waals surface area contributed by atoms with Gasteiger partial charge in [-0.2, -0.15) is 0 Å². The standard InChI is InChI=1S/C15H22FN3O/c1-10-3-2-4-11(10)8-18-9-12-5-6-13(16)7-14(12)15(17)19-20/h5-7,10-11,18,20H,2-4,8-9H2,1H3,(H2,17,19). The molecule has 2 rings (SSSR count). The molecule has 4 N–H and O–H groups in total. The lowest BCUT2D eigenvalue weighted by Crippen LogP contribution is -2.25. The Morgan fingerprint density at radius 2 is 2.30 bits per heavy atom. The molecule has 0 aromatic heterocycles. The maximum atomic E-state index is 13.3. The Balaban J connectivity index is 1.98. The van der Waals surface area contributed by atoms with Crippen molar-refractivity contribution in [1.29, 1.82) is 0 Å². The molecule has 1 fully saturated rings. The first-order valence-electron chi connectivity index (χ1n) is 7.09. The van der Waals surface area contributed by atoms with Crippen LogP contribution in [0.3, 0.4) is 0 Å². The summed E-state index contributed by atoms with van der Waals surface area (Å²) in [4.78, 5) is 0. The van der Waals surface area contributed by atoms with Crippen molar-refractivity contribution in [2.45, 2.75) is 32.7 Å². The fourth-order valence-corrected chi connectivity index (χ4v) is 2.91. The second-order valence-corrected chi connectivity index (χ2v) is 5.59. The van der Waals surface area contributed by atoms with Gasteiger partial charge in [0.05, 0.1) is 0 Å². The second-order valence-electron chi connectivity index (χ2n) is 5.59. The van der Waals surface area contributed by atoms with Crippen molar-refractivity contribution in [3.63, 3.8) is 0 Å². The van der Waals surface area contributed by atoms with Gasteiger partial charge in [-0.1, -0.05) is 31.0 Å². The molecule has 0 radical (unpaired) electrons. The lowest BCUT2D eigenvalue weighted by Gasteiger charge is -2.17. The second kappa shape index (κ2) is 6.70. The van der Waals surface area contributed by atoms with Crippen LogP contribution in [0.5, 0.6) is 0 Å². The Bertz CT molecular complexity index is 490. The minimum atomic E-state index is -0.389. The SMILES string of the molecule is CC1CCCC1CNCc1ccc(F)cc1/C(N)=N/O. The average Bonchev–Trinajstić information content (AvgIpc) is 2.85. The van der Waals surface area contributed by atoms with E-state index in [2.05, 4.69) is 17.4 Å². The number of hydrogen-bond donors (Lipinski definition) is 3. The third-order valence-electron chi connectivity index (χ3n) is 4.22. The molecule has 20 heavy (non-hydrogen) atoms. The number of nitrogens with two attached hydrogens (primary N) is 1. The Morgan fingerprint density at radius 1 is 1.50 bits per heavy atom. The van der Waals surface area contributed by atoms with Crippen LogP contribution in [0, 0.1) is 17.7 Å². The predicted octanol–water partition coefficient (Wildman–Crippen LogP) is 2.45. The summed E-state index contributed by atoms with van der Waals surface area (Å²) in [5, 5.41) is 15.1. The van der Waals surface area contributed by atoms with E-state index in [-0.39, 0.29) is 11.7 Å². The van der Waals surface area contributed by atoms with Gasteiger partial charge in [-0.25, -0.2) is 4.39 Å².